The lowest BCUT2D eigenvalue weighted by molar-refractivity contribution is -0.145. The molecule has 2 heterocycles. The fourth-order valence-corrected chi connectivity index (χ4v) is 4.56. The molecule has 0 aromatic carbocycles. The van der Waals surface area contributed by atoms with Gasteiger partial charge >= 0.3 is 12.1 Å². The molecule has 0 aromatic heterocycles. The maximum atomic E-state index is 13.0. The van der Waals surface area contributed by atoms with Gasteiger partial charge in [-0.25, -0.2) is 19.4 Å². The maximum absolute atomic E-state index is 13.0. The van der Waals surface area contributed by atoms with Crippen LogP contribution in [-0.2, 0) is 9.59 Å². The summed E-state index contributed by atoms with van der Waals surface area (Å²) in [5.41, 5.74) is -2.50. The summed E-state index contributed by atoms with van der Waals surface area (Å²) >= 11 is 0. The summed E-state index contributed by atoms with van der Waals surface area (Å²) in [6, 6.07) is -0.992. The van der Waals surface area contributed by atoms with Crippen molar-refractivity contribution in [2.24, 2.45) is 0 Å². The molecule has 6 amide bonds. The van der Waals surface area contributed by atoms with Crippen molar-refractivity contribution in [1.82, 2.24) is 19.6 Å². The molecule has 158 valence electrons. The minimum atomic E-state index is -1.38. The molecule has 0 aliphatic carbocycles. The minimum absolute atomic E-state index is 0.225. The first-order valence-corrected chi connectivity index (χ1v) is 10.3. The minimum Gasteiger partial charge on any atom is -0.300 e. The molecule has 0 N–H and O–H groups in total. The molecule has 0 aromatic rings. The smallest absolute Gasteiger partial charge is 0.300 e. The highest BCUT2D eigenvalue weighted by Crippen LogP contribution is 2.50. The summed E-state index contributed by atoms with van der Waals surface area (Å²) in [7, 11) is 3.12. The predicted molar refractivity (Wildman–Crippen MR) is 105 cm³/mol. The monoisotopic (exact) mass is 394 g/mol. The van der Waals surface area contributed by atoms with Crippen LogP contribution in [0.25, 0.3) is 0 Å². The van der Waals surface area contributed by atoms with Crippen molar-refractivity contribution < 1.29 is 19.2 Å². The van der Waals surface area contributed by atoms with Crippen LogP contribution in [0.3, 0.4) is 0 Å². The van der Waals surface area contributed by atoms with Crippen molar-refractivity contribution >= 4 is 23.9 Å². The van der Waals surface area contributed by atoms with Crippen LogP contribution in [0, 0.1) is 0 Å². The van der Waals surface area contributed by atoms with Crippen LogP contribution in [0.1, 0.15) is 79.1 Å². The van der Waals surface area contributed by atoms with E-state index in [1.807, 2.05) is 0 Å². The summed E-state index contributed by atoms with van der Waals surface area (Å²) in [5.74, 6) is -0.828. The van der Waals surface area contributed by atoms with Gasteiger partial charge < -0.3 is 9.80 Å². The molecule has 2 rings (SSSR count). The van der Waals surface area contributed by atoms with Crippen LogP contribution >= 0.6 is 0 Å². The Labute approximate surface area is 167 Å². The number of urea groups is 2. The zero-order valence-corrected chi connectivity index (χ0v) is 18.1. The van der Waals surface area contributed by atoms with Crippen LogP contribution < -0.4 is 0 Å². The largest absolute Gasteiger partial charge is 0.330 e. The number of rotatable bonds is 8. The second-order valence-electron chi connectivity index (χ2n) is 8.18. The number of hydrogen-bond donors (Lipinski definition) is 0. The van der Waals surface area contributed by atoms with Gasteiger partial charge in [-0.2, -0.15) is 0 Å². The van der Waals surface area contributed by atoms with E-state index in [0.29, 0.717) is 6.42 Å². The molecule has 0 radical (unpaired) electrons. The van der Waals surface area contributed by atoms with E-state index in [9.17, 15) is 19.2 Å². The van der Waals surface area contributed by atoms with Crippen LogP contribution in [0.15, 0.2) is 0 Å². The summed E-state index contributed by atoms with van der Waals surface area (Å²) in [6.07, 6.45) is 7.69. The van der Waals surface area contributed by atoms with Crippen LogP contribution in [0.4, 0.5) is 9.59 Å². The number of carbonyl (C=O) groups excluding carboxylic acids is 4. The second-order valence-corrected chi connectivity index (χ2v) is 8.18. The number of imide groups is 2. The third-order valence-corrected chi connectivity index (χ3v) is 6.59. The van der Waals surface area contributed by atoms with Gasteiger partial charge in [0.15, 0.2) is 11.3 Å². The molecule has 2 atom stereocenters. The predicted octanol–water partition coefficient (Wildman–Crippen LogP) is 3.37. The maximum Gasteiger partial charge on any atom is 0.330 e. The molecule has 0 unspecified atom stereocenters. The summed E-state index contributed by atoms with van der Waals surface area (Å²) in [4.78, 5) is 55.9. The van der Waals surface area contributed by atoms with Gasteiger partial charge in [0.2, 0.25) is 11.8 Å². The number of nitrogens with zero attached hydrogens (tertiary/aromatic N) is 4. The molecule has 8 heteroatoms. The zero-order chi connectivity index (χ0) is 21.3. The molecular weight excluding hydrogens is 360 g/mol. The third kappa shape index (κ3) is 3.06. The normalized spacial score (nSPS) is 27.1. The van der Waals surface area contributed by atoms with Gasteiger partial charge in [0.25, 0.3) is 0 Å². The van der Waals surface area contributed by atoms with E-state index >= 15 is 0 Å². The van der Waals surface area contributed by atoms with E-state index in [0.717, 1.165) is 29.1 Å². The number of fused-ring (bicyclic) bond motifs is 1. The average Bonchev–Trinajstić information content (AvgIpc) is 2.88. The lowest BCUT2D eigenvalue weighted by Gasteiger charge is -2.42. The molecule has 2 fully saturated rings. The molecule has 0 spiro atoms. The summed E-state index contributed by atoms with van der Waals surface area (Å²) in [5, 5.41) is 0. The van der Waals surface area contributed by atoms with E-state index in [2.05, 4.69) is 6.92 Å². The fourth-order valence-electron chi connectivity index (χ4n) is 4.56. The topological polar surface area (TPSA) is 81.2 Å². The molecular formula is C20H34N4O4. The van der Waals surface area contributed by atoms with E-state index in [-0.39, 0.29) is 12.3 Å². The molecule has 2 saturated heterocycles. The number of carbonyl (C=O) groups is 4. The highest BCUT2D eigenvalue weighted by Gasteiger charge is 2.75. The average molecular weight is 395 g/mol. The van der Waals surface area contributed by atoms with Crippen LogP contribution in [-0.4, -0.2) is 68.9 Å². The van der Waals surface area contributed by atoms with Crippen LogP contribution in [0.2, 0.25) is 0 Å². The Morgan fingerprint density at radius 2 is 1.25 bits per heavy atom. The molecule has 0 bridgehead atoms. The molecule has 0 saturated carbocycles. The highest BCUT2D eigenvalue weighted by molar-refractivity contribution is 6.04. The Balaban J connectivity index is 2.17. The number of hydrogen-bond acceptors (Lipinski definition) is 4. The van der Waals surface area contributed by atoms with Crippen molar-refractivity contribution in [3.63, 3.8) is 0 Å². The Kier molecular flexibility index (Phi) is 6.41. The Morgan fingerprint density at radius 1 is 0.786 bits per heavy atom. The van der Waals surface area contributed by atoms with E-state index in [1.165, 1.54) is 36.0 Å². The van der Waals surface area contributed by atoms with Gasteiger partial charge in [0.1, 0.15) is 0 Å². The van der Waals surface area contributed by atoms with Gasteiger partial charge in [-0.05, 0) is 20.3 Å². The van der Waals surface area contributed by atoms with Crippen molar-refractivity contribution in [1.29, 1.82) is 0 Å². The number of amides is 6. The van der Waals surface area contributed by atoms with Crippen molar-refractivity contribution in [2.45, 2.75) is 90.4 Å². The van der Waals surface area contributed by atoms with Crippen LogP contribution in [0.5, 0.6) is 0 Å². The third-order valence-electron chi connectivity index (χ3n) is 6.59. The van der Waals surface area contributed by atoms with Gasteiger partial charge in [-0.15, -0.1) is 0 Å². The van der Waals surface area contributed by atoms with Crippen molar-refractivity contribution in [2.75, 3.05) is 14.1 Å². The van der Waals surface area contributed by atoms with E-state index in [1.54, 1.807) is 27.9 Å². The SMILES string of the molecule is CCCCCCCCCC(=O)N1C(=O)N(C)[C@@]2(C)N(C)C(=O)N(C(C)=O)[C@@]12C. The van der Waals surface area contributed by atoms with Crippen molar-refractivity contribution in [3.05, 3.63) is 0 Å². The Bertz CT molecular complexity index is 667. The van der Waals surface area contributed by atoms with Gasteiger partial charge in [0.05, 0.1) is 0 Å². The number of unbranched alkanes of at least 4 members (excludes halogenated alkanes) is 6. The van der Waals surface area contributed by atoms with Gasteiger partial charge in [-0.3, -0.25) is 9.59 Å². The molecule has 8 nitrogen and oxygen atoms in total. The quantitative estimate of drug-likeness (QED) is 0.591. The Morgan fingerprint density at radius 3 is 1.75 bits per heavy atom. The lowest BCUT2D eigenvalue weighted by Crippen LogP contribution is -2.65. The Hall–Kier alpha value is -2.12. The van der Waals surface area contributed by atoms with Gasteiger partial charge in [-0.1, -0.05) is 45.4 Å². The second kappa shape index (κ2) is 8.09. The first kappa shape index (κ1) is 22.2. The molecule has 2 aliphatic rings. The van der Waals surface area contributed by atoms with E-state index < -0.39 is 29.3 Å². The standard InChI is InChI=1S/C20H34N4O4/c1-7-8-9-10-11-12-13-14-16(26)24-18(28)22(6)19(3)20(24,4)23(15(2)25)17(27)21(19)5/h7-14H2,1-6H3/t19-,20+/m1/s1. The molecule has 28 heavy (non-hydrogen) atoms. The first-order valence-electron chi connectivity index (χ1n) is 10.3. The summed E-state index contributed by atoms with van der Waals surface area (Å²) < 4.78 is 0. The summed E-state index contributed by atoms with van der Waals surface area (Å²) in [6.45, 7) is 6.80. The van der Waals surface area contributed by atoms with E-state index in [4.69, 9.17) is 0 Å². The number of likely N-dealkylation sites (N-methyl/N-ethyl adjacent to an activating group) is 2. The van der Waals surface area contributed by atoms with Crippen molar-refractivity contribution in [3.8, 4) is 0 Å². The fraction of sp³-hybridized carbons (Fsp3) is 0.800. The van der Waals surface area contributed by atoms with Gasteiger partial charge in [0, 0.05) is 27.4 Å². The highest BCUT2D eigenvalue weighted by atomic mass is 16.2. The lowest BCUT2D eigenvalue weighted by atomic mass is 9.95. The first-order chi connectivity index (χ1) is 13.1. The zero-order valence-electron chi connectivity index (χ0n) is 18.1. The molecule has 2 aliphatic heterocycles.